The summed E-state index contributed by atoms with van der Waals surface area (Å²) in [6, 6.07) is 6.69. The number of primary sulfonamides is 1. The second-order valence-electron chi connectivity index (χ2n) is 4.18. The molecule has 0 fully saturated rings. The quantitative estimate of drug-likeness (QED) is 0.751. The van der Waals surface area contributed by atoms with E-state index in [2.05, 4.69) is 11.4 Å². The molecule has 2 aromatic rings. The van der Waals surface area contributed by atoms with Gasteiger partial charge in [-0.25, -0.2) is 13.6 Å². The van der Waals surface area contributed by atoms with E-state index in [0.717, 1.165) is 5.69 Å². The van der Waals surface area contributed by atoms with E-state index in [4.69, 9.17) is 10.9 Å². The van der Waals surface area contributed by atoms with Crippen LogP contribution in [0.2, 0.25) is 0 Å². The predicted molar refractivity (Wildman–Crippen MR) is 78.6 cm³/mol. The monoisotopic (exact) mass is 297 g/mol. The van der Waals surface area contributed by atoms with Crippen LogP contribution in [0.15, 0.2) is 34.5 Å². The van der Waals surface area contributed by atoms with E-state index in [1.165, 1.54) is 16.5 Å². The molecular weight excluding hydrogens is 282 g/mol. The molecule has 0 atom stereocenters. The smallest absolute Gasteiger partial charge is 0.240 e. The number of benzene rings is 1. The lowest BCUT2D eigenvalue weighted by Gasteiger charge is -2.09. The minimum Gasteiger partial charge on any atom is -0.398 e. The van der Waals surface area contributed by atoms with Crippen LogP contribution in [0.3, 0.4) is 0 Å². The summed E-state index contributed by atoms with van der Waals surface area (Å²) < 4.78 is 22.5. The summed E-state index contributed by atoms with van der Waals surface area (Å²) in [6.07, 6.45) is 0. The zero-order valence-corrected chi connectivity index (χ0v) is 12.0. The molecule has 19 heavy (non-hydrogen) atoms. The van der Waals surface area contributed by atoms with E-state index in [9.17, 15) is 8.42 Å². The molecule has 0 aliphatic rings. The van der Waals surface area contributed by atoms with Crippen LogP contribution in [0.1, 0.15) is 10.4 Å². The molecule has 0 unspecified atom stereocenters. The Bertz CT molecular complexity index is 693. The van der Waals surface area contributed by atoms with Crippen molar-refractivity contribution in [3.8, 4) is 0 Å². The Balaban J connectivity index is 2.15. The van der Waals surface area contributed by atoms with Crippen molar-refractivity contribution in [3.63, 3.8) is 0 Å². The average molecular weight is 297 g/mol. The molecule has 1 aromatic carbocycles. The summed E-state index contributed by atoms with van der Waals surface area (Å²) in [6.45, 7) is 2.73. The van der Waals surface area contributed by atoms with E-state index in [1.54, 1.807) is 23.5 Å². The topological polar surface area (TPSA) is 98.2 Å². The van der Waals surface area contributed by atoms with E-state index in [-0.39, 0.29) is 10.6 Å². The molecule has 0 saturated carbocycles. The van der Waals surface area contributed by atoms with Gasteiger partial charge in [0, 0.05) is 17.1 Å². The summed E-state index contributed by atoms with van der Waals surface area (Å²) in [5.41, 5.74) is 7.83. The number of thiophene rings is 1. The average Bonchev–Trinajstić information content (AvgIpc) is 2.70. The van der Waals surface area contributed by atoms with Gasteiger partial charge in [-0.3, -0.25) is 0 Å². The number of nitrogens with two attached hydrogens (primary N) is 2. The number of hydrogen-bond acceptors (Lipinski definition) is 5. The van der Waals surface area contributed by atoms with Gasteiger partial charge in [0.15, 0.2) is 0 Å². The zero-order valence-electron chi connectivity index (χ0n) is 10.4. The maximum atomic E-state index is 11.2. The molecule has 0 saturated heterocycles. The SMILES string of the molecule is Cc1ccsc1CNc1ccc(S(N)(=O)=O)c(N)c1. The highest BCUT2D eigenvalue weighted by Gasteiger charge is 2.12. The first kappa shape index (κ1) is 13.9. The van der Waals surface area contributed by atoms with Crippen LogP contribution >= 0.6 is 11.3 Å². The standard InChI is InChI=1S/C12H15N3O2S2/c1-8-4-5-18-11(8)7-15-9-2-3-12(10(13)6-9)19(14,16)17/h2-6,15H,7,13H2,1H3,(H2,14,16,17). The maximum Gasteiger partial charge on any atom is 0.240 e. The van der Waals surface area contributed by atoms with Gasteiger partial charge >= 0.3 is 0 Å². The summed E-state index contributed by atoms with van der Waals surface area (Å²) in [5.74, 6) is 0. The van der Waals surface area contributed by atoms with Gasteiger partial charge in [-0.2, -0.15) is 0 Å². The summed E-state index contributed by atoms with van der Waals surface area (Å²) in [7, 11) is -3.77. The number of nitrogen functional groups attached to an aromatic ring is 1. The van der Waals surface area contributed by atoms with Crippen LogP contribution in [0.25, 0.3) is 0 Å². The highest BCUT2D eigenvalue weighted by Crippen LogP contribution is 2.23. The Kier molecular flexibility index (Phi) is 3.79. The first-order chi connectivity index (χ1) is 8.88. The number of aryl methyl sites for hydroxylation is 1. The first-order valence-corrected chi connectivity index (χ1v) is 7.99. The lowest BCUT2D eigenvalue weighted by Crippen LogP contribution is -2.14. The van der Waals surface area contributed by atoms with Gasteiger partial charge < -0.3 is 11.1 Å². The number of anilines is 2. The Morgan fingerprint density at radius 1 is 1.32 bits per heavy atom. The fraction of sp³-hybridized carbons (Fsp3) is 0.167. The first-order valence-electron chi connectivity index (χ1n) is 5.57. The summed E-state index contributed by atoms with van der Waals surface area (Å²) >= 11 is 1.67. The highest BCUT2D eigenvalue weighted by atomic mass is 32.2. The minimum atomic E-state index is -3.77. The third-order valence-corrected chi connectivity index (χ3v) is 4.75. The largest absolute Gasteiger partial charge is 0.398 e. The van der Waals surface area contributed by atoms with Gasteiger partial charge in [-0.05, 0) is 42.1 Å². The number of hydrogen-bond donors (Lipinski definition) is 3. The van der Waals surface area contributed by atoms with Crippen LogP contribution in [0.5, 0.6) is 0 Å². The lowest BCUT2D eigenvalue weighted by molar-refractivity contribution is 0.598. The maximum absolute atomic E-state index is 11.2. The van der Waals surface area contributed by atoms with Gasteiger partial charge in [0.25, 0.3) is 0 Å². The van der Waals surface area contributed by atoms with E-state index < -0.39 is 10.0 Å². The molecule has 0 aliphatic carbocycles. The van der Waals surface area contributed by atoms with E-state index >= 15 is 0 Å². The third kappa shape index (κ3) is 3.25. The fourth-order valence-electron chi connectivity index (χ4n) is 1.69. The fourth-order valence-corrected chi connectivity index (χ4v) is 3.18. The molecular formula is C12H15N3O2S2. The van der Waals surface area contributed by atoms with Gasteiger partial charge in [-0.15, -0.1) is 11.3 Å². The molecule has 5 N–H and O–H groups in total. The summed E-state index contributed by atoms with van der Waals surface area (Å²) in [5, 5.41) is 10.3. The van der Waals surface area contributed by atoms with Crippen molar-refractivity contribution >= 4 is 32.7 Å². The van der Waals surface area contributed by atoms with Gasteiger partial charge in [0.05, 0.1) is 5.69 Å². The Hall–Kier alpha value is -1.57. The van der Waals surface area contributed by atoms with Crippen LogP contribution in [-0.2, 0) is 16.6 Å². The third-order valence-electron chi connectivity index (χ3n) is 2.74. The van der Waals surface area contributed by atoms with Gasteiger partial charge in [-0.1, -0.05) is 0 Å². The Morgan fingerprint density at radius 3 is 2.58 bits per heavy atom. The Morgan fingerprint density at radius 2 is 2.05 bits per heavy atom. The van der Waals surface area contributed by atoms with E-state index in [1.807, 2.05) is 12.3 Å². The molecule has 0 amide bonds. The van der Waals surface area contributed by atoms with Crippen LogP contribution in [-0.4, -0.2) is 8.42 Å². The highest BCUT2D eigenvalue weighted by molar-refractivity contribution is 7.89. The molecule has 1 heterocycles. The van der Waals surface area contributed by atoms with Crippen molar-refractivity contribution in [2.45, 2.75) is 18.4 Å². The van der Waals surface area contributed by atoms with Gasteiger partial charge in [0.2, 0.25) is 10.0 Å². The second kappa shape index (κ2) is 5.20. The second-order valence-corrected chi connectivity index (χ2v) is 6.71. The molecule has 7 heteroatoms. The molecule has 0 aliphatic heterocycles. The van der Waals surface area contributed by atoms with Gasteiger partial charge in [0.1, 0.15) is 4.90 Å². The van der Waals surface area contributed by atoms with Crippen LogP contribution in [0, 0.1) is 6.92 Å². The molecule has 1 aromatic heterocycles. The number of rotatable bonds is 4. The van der Waals surface area contributed by atoms with Crippen LogP contribution in [0.4, 0.5) is 11.4 Å². The molecule has 0 spiro atoms. The predicted octanol–water partition coefficient (Wildman–Crippen LogP) is 1.90. The van der Waals surface area contributed by atoms with E-state index in [0.29, 0.717) is 6.54 Å². The number of nitrogens with one attached hydrogen (secondary N) is 1. The minimum absolute atomic E-state index is 0.0506. The normalized spacial score (nSPS) is 11.5. The summed E-state index contributed by atoms with van der Waals surface area (Å²) in [4.78, 5) is 1.18. The molecule has 0 radical (unpaired) electrons. The molecule has 2 rings (SSSR count). The van der Waals surface area contributed by atoms with Crippen molar-refractivity contribution < 1.29 is 8.42 Å². The number of sulfonamides is 1. The van der Waals surface area contributed by atoms with Crippen molar-refractivity contribution in [1.82, 2.24) is 0 Å². The van der Waals surface area contributed by atoms with Crippen LogP contribution < -0.4 is 16.2 Å². The Labute approximate surface area is 116 Å². The molecule has 5 nitrogen and oxygen atoms in total. The van der Waals surface area contributed by atoms with Crippen molar-refractivity contribution in [1.29, 1.82) is 0 Å². The molecule has 102 valence electrons. The lowest BCUT2D eigenvalue weighted by atomic mass is 10.2. The molecule has 0 bridgehead atoms. The van der Waals surface area contributed by atoms with Crippen molar-refractivity contribution in [2.24, 2.45) is 5.14 Å². The van der Waals surface area contributed by atoms with Crippen molar-refractivity contribution in [3.05, 3.63) is 40.1 Å². The van der Waals surface area contributed by atoms with Crippen molar-refractivity contribution in [2.75, 3.05) is 11.1 Å². The zero-order chi connectivity index (χ0) is 14.0.